The van der Waals surface area contributed by atoms with Crippen LogP contribution < -0.4 is 0 Å². The van der Waals surface area contributed by atoms with Gasteiger partial charge in [0.25, 0.3) is 0 Å². The van der Waals surface area contributed by atoms with Gasteiger partial charge in [-0.3, -0.25) is 0 Å². The van der Waals surface area contributed by atoms with E-state index in [4.69, 9.17) is 46.4 Å². The third-order valence-electron chi connectivity index (χ3n) is 9.90. The van der Waals surface area contributed by atoms with Crippen LogP contribution in [-0.2, 0) is 60.8 Å². The molecule has 0 amide bonds. The molecule has 0 saturated heterocycles. The minimum absolute atomic E-state index is 0. The van der Waals surface area contributed by atoms with E-state index in [0.29, 0.717) is 26.7 Å². The molecule has 0 aliphatic rings. The first kappa shape index (κ1) is 80.0. The summed E-state index contributed by atoms with van der Waals surface area (Å²) in [4.78, 5) is 0. The Labute approximate surface area is 509 Å². The zero-order valence-corrected chi connectivity index (χ0v) is 54.3. The molecule has 0 aliphatic heterocycles. The summed E-state index contributed by atoms with van der Waals surface area (Å²) in [6.07, 6.45) is 0. The first-order valence-electron chi connectivity index (χ1n) is 23.4. The number of hydrogen-bond acceptors (Lipinski definition) is 8. The molecule has 0 unspecified atom stereocenters. The van der Waals surface area contributed by atoms with Crippen LogP contribution in [0.25, 0.3) is 0 Å². The normalized spacial score (nSPS) is 12.4. The van der Waals surface area contributed by atoms with Crippen LogP contribution in [0.15, 0.2) is 48.5 Å². The largest absolute Gasteiger partial charge is 1.00 e. The molecule has 0 N–H and O–H groups in total. The molecule has 82 heavy (non-hydrogen) atoms. The van der Waals surface area contributed by atoms with E-state index in [2.05, 4.69) is 145 Å². The second-order valence-electron chi connectivity index (χ2n) is 18.1. The van der Waals surface area contributed by atoms with Crippen LogP contribution in [0.4, 0.5) is 50.4 Å². The van der Waals surface area contributed by atoms with E-state index in [9.17, 15) is 50.4 Å². The Morgan fingerprint density at radius 1 is 0.256 bits per heavy atom. The smallest absolute Gasteiger partial charge is 1.00 e. The Morgan fingerprint density at radius 2 is 0.329 bits per heavy atom. The summed E-state index contributed by atoms with van der Waals surface area (Å²) in [5.41, 5.74) is 17.7. The maximum atomic E-state index is 9.87. The van der Waals surface area contributed by atoms with Crippen LogP contribution in [0.3, 0.4) is 0 Å². The van der Waals surface area contributed by atoms with Crippen LogP contribution in [0.2, 0.25) is 0 Å². The molecule has 36 heteroatoms. The molecule has 8 rings (SSSR count). The quantitative estimate of drug-likeness (QED) is 0.0633. The van der Waals surface area contributed by atoms with Crippen molar-refractivity contribution < 1.29 is 84.5 Å². The van der Waals surface area contributed by atoms with Gasteiger partial charge in [0.1, 0.15) is 26.7 Å². The minimum atomic E-state index is -10.7. The van der Waals surface area contributed by atoms with Gasteiger partial charge in [-0.1, -0.05) is 0 Å². The number of rotatable bonds is 8. The van der Waals surface area contributed by atoms with E-state index < -0.39 is 15.6 Å². The number of aromatic nitrogens is 16. The van der Waals surface area contributed by atoms with Crippen molar-refractivity contribution in [1.82, 2.24) is 78.2 Å². The third-order valence-corrected chi connectivity index (χ3v) is 9.90. The Bertz CT molecular complexity index is 2630. The molecule has 0 atom stereocenters. The van der Waals surface area contributed by atoms with Crippen molar-refractivity contribution in [1.29, 1.82) is 0 Å². The topological polar surface area (TPSA) is 143 Å². The maximum absolute atomic E-state index is 10.7. The van der Waals surface area contributed by atoms with Gasteiger partial charge in [0.2, 0.25) is 0 Å². The second kappa shape index (κ2) is 30.8. The second-order valence-corrected chi connectivity index (χ2v) is 23.5. The van der Waals surface area contributed by atoms with Crippen LogP contribution in [0.1, 0.15) is 91.1 Å². The van der Waals surface area contributed by atoms with Gasteiger partial charge in [-0.2, -0.15) is 40.8 Å². The summed E-state index contributed by atoms with van der Waals surface area (Å²) < 4.78 is 134. The van der Waals surface area contributed by atoms with E-state index in [1.807, 2.05) is 92.8 Å². The van der Waals surface area contributed by atoms with Gasteiger partial charge in [-0.05, 0) is 159 Å². The zero-order valence-electron chi connectivity index (χ0n) is 47.6. The predicted molar refractivity (Wildman–Crippen MR) is 295 cm³/mol. The molecule has 16 nitrogen and oxygen atoms in total. The summed E-state index contributed by atoms with van der Waals surface area (Å²) >= 11 is 19.1. The van der Waals surface area contributed by atoms with Crippen molar-refractivity contribution in [3.05, 3.63) is 140 Å². The van der Waals surface area contributed by atoms with Crippen LogP contribution in [0.5, 0.6) is 0 Å². The van der Waals surface area contributed by atoms with Gasteiger partial charge < -0.3 is 0 Å². The molecule has 0 fully saturated rings. The summed E-state index contributed by atoms with van der Waals surface area (Å²) in [5, 5.41) is 35.7. The zero-order chi connectivity index (χ0) is 62.2. The SMILES string of the molecule is Cc1cc(C)n(Cn2nc(C)cc2C)n1.Cc1cc(C)n(Cn2nc(C)cc2C)n1.Cc1cc(C)n(Cn2nc(C)cc2C)n1.Cc1cc(C)n(Cn2nc(C)cc2C)n1.ClCCl.ClCCl.F[P-](F)(F)(F)(F)F.F[P-](F)(F)(F)(F)F.[Cu+].[Cu+]. The number of hydrogen-bond donors (Lipinski definition) is 0. The fourth-order valence-electron chi connectivity index (χ4n) is 7.05. The summed E-state index contributed by atoms with van der Waals surface area (Å²) in [7, 11) is -21.3. The molecule has 476 valence electrons. The monoisotopic (exact) mass is 1400 g/mol. The Morgan fingerprint density at radius 3 is 0.378 bits per heavy atom. The van der Waals surface area contributed by atoms with E-state index in [-0.39, 0.29) is 44.8 Å². The van der Waals surface area contributed by atoms with Gasteiger partial charge in [-0.15, -0.1) is 46.4 Å². The van der Waals surface area contributed by atoms with Crippen molar-refractivity contribution in [2.75, 3.05) is 10.7 Å². The molecule has 0 radical (unpaired) electrons. The van der Waals surface area contributed by atoms with Gasteiger partial charge >= 0.3 is 100 Å². The molecule has 0 aromatic carbocycles. The number of nitrogens with zero attached hydrogens (tertiary/aromatic N) is 16. The van der Waals surface area contributed by atoms with Crippen molar-refractivity contribution >= 4 is 62.0 Å². The number of aryl methyl sites for hydroxylation is 16. The van der Waals surface area contributed by atoms with Gasteiger partial charge in [0.05, 0.1) is 56.2 Å². The first-order chi connectivity index (χ1) is 36.0. The van der Waals surface area contributed by atoms with Crippen molar-refractivity contribution in [2.24, 2.45) is 0 Å². The van der Waals surface area contributed by atoms with Crippen molar-refractivity contribution in [3.8, 4) is 0 Å². The standard InChI is InChI=1S/4C11H16N4.2CH2Cl2.2Cu.2F6P/c4*1-8-5-10(3)14(12-8)7-15-11(4)6-9(2)13-15;2*2-1-3;;;2*1-7(2,3,4,5)6/h4*5-6H,7H2,1-4H3;2*1H2;;;;/q;;;;;;2*+1;2*-1. The molecule has 8 heterocycles. The molecular formula is C46H68Cl4Cu2F12N16P2. The average Bonchev–Trinajstić information content (AvgIpc) is 4.14. The van der Waals surface area contributed by atoms with E-state index in [1.165, 1.54) is 45.6 Å². The summed E-state index contributed by atoms with van der Waals surface area (Å²) in [5.74, 6) is 0. The van der Waals surface area contributed by atoms with Crippen LogP contribution >= 0.6 is 62.0 Å². The summed E-state index contributed by atoms with van der Waals surface area (Å²) in [6, 6.07) is 16.6. The fourth-order valence-corrected chi connectivity index (χ4v) is 7.05. The maximum Gasteiger partial charge on any atom is 1.00 e. The van der Waals surface area contributed by atoms with E-state index >= 15 is 0 Å². The Balaban J connectivity index is 0. The van der Waals surface area contributed by atoms with Crippen molar-refractivity contribution in [3.63, 3.8) is 0 Å². The minimum Gasteiger partial charge on any atom is 1.00 e. The molecule has 0 bridgehead atoms. The first-order valence-corrected chi connectivity index (χ1v) is 29.6. The molecule has 0 spiro atoms. The molecular weight excluding hydrogens is 1340 g/mol. The summed E-state index contributed by atoms with van der Waals surface area (Å²) in [6.45, 7) is 35.3. The third kappa shape index (κ3) is 36.6. The van der Waals surface area contributed by atoms with Crippen LogP contribution in [-0.4, -0.2) is 88.9 Å². The number of alkyl halides is 4. The van der Waals surface area contributed by atoms with Gasteiger partial charge in [0, 0.05) is 45.6 Å². The van der Waals surface area contributed by atoms with Gasteiger partial charge in [-0.25, -0.2) is 37.5 Å². The Hall–Kier alpha value is -4.10. The van der Waals surface area contributed by atoms with Crippen molar-refractivity contribution in [2.45, 2.75) is 137 Å². The molecule has 0 aliphatic carbocycles. The predicted octanol–water partition coefficient (Wildman–Crippen LogP) is 16.9. The molecule has 8 aromatic heterocycles. The van der Waals surface area contributed by atoms with E-state index in [1.54, 1.807) is 0 Å². The molecule has 8 aromatic rings. The van der Waals surface area contributed by atoms with Gasteiger partial charge in [0.15, 0.2) is 0 Å². The number of halogens is 16. The average molecular weight is 1400 g/mol. The Kier molecular flexibility index (Phi) is 30.1. The van der Waals surface area contributed by atoms with Crippen LogP contribution in [0, 0.1) is 111 Å². The molecule has 0 saturated carbocycles. The fraction of sp³-hybridized carbons (Fsp3) is 0.478. The van der Waals surface area contributed by atoms with E-state index in [0.717, 1.165) is 45.6 Å².